The lowest BCUT2D eigenvalue weighted by Crippen LogP contribution is -2.39. The summed E-state index contributed by atoms with van der Waals surface area (Å²) in [5.74, 6) is -0.559. The van der Waals surface area contributed by atoms with Crippen LogP contribution >= 0.6 is 0 Å². The lowest BCUT2D eigenvalue weighted by molar-refractivity contribution is -0.139. The maximum absolute atomic E-state index is 11.1. The molecule has 0 amide bonds. The topological polar surface area (TPSA) is 69.7 Å². The quantitative estimate of drug-likeness (QED) is 0.510. The van der Waals surface area contributed by atoms with Gasteiger partial charge in [0, 0.05) is 0 Å². The van der Waals surface area contributed by atoms with E-state index in [0.29, 0.717) is 0 Å². The smallest absolute Gasteiger partial charge is 0.310 e. The van der Waals surface area contributed by atoms with Crippen LogP contribution in [0.2, 0.25) is 0 Å². The van der Waals surface area contributed by atoms with Crippen molar-refractivity contribution in [1.82, 2.24) is 0 Å². The van der Waals surface area contributed by atoms with Gasteiger partial charge in [0.15, 0.2) is 5.75 Å². The van der Waals surface area contributed by atoms with E-state index in [1.54, 1.807) is 13.8 Å². The van der Waals surface area contributed by atoms with E-state index in [1.807, 2.05) is 0 Å². The maximum atomic E-state index is 11.1. The molecule has 0 aliphatic carbocycles. The van der Waals surface area contributed by atoms with Crippen LogP contribution < -0.4 is 15.6 Å². The average Bonchev–Trinajstić information content (AvgIpc) is 2.21. The Morgan fingerprint density at radius 2 is 1.87 bits per heavy atom. The summed E-state index contributed by atoms with van der Waals surface area (Å²) in [5, 5.41) is 0. The fraction of sp³-hybridized carbons (Fsp3) is 0.500. The Bertz CT molecular complexity index is 437. The van der Waals surface area contributed by atoms with Crippen molar-refractivity contribution < 1.29 is 14.3 Å². The molecular formula is C10H12O5. The monoisotopic (exact) mass is 212 g/mol. The van der Waals surface area contributed by atoms with Crippen LogP contribution in [0.25, 0.3) is 0 Å². The summed E-state index contributed by atoms with van der Waals surface area (Å²) >= 11 is 0. The van der Waals surface area contributed by atoms with E-state index in [9.17, 15) is 14.4 Å². The van der Waals surface area contributed by atoms with E-state index in [1.165, 1.54) is 7.11 Å². The first-order chi connectivity index (χ1) is 6.97. The molecule has 0 atom stereocenters. The van der Waals surface area contributed by atoms with Crippen LogP contribution in [0.4, 0.5) is 0 Å². The first-order valence-electron chi connectivity index (χ1n) is 4.53. The number of rotatable bonds is 4. The molecule has 0 saturated heterocycles. The van der Waals surface area contributed by atoms with Gasteiger partial charge in [0.1, 0.15) is 0 Å². The molecule has 0 saturated carbocycles. The molecule has 0 aromatic heterocycles. The zero-order valence-corrected chi connectivity index (χ0v) is 8.83. The molecule has 1 aromatic carbocycles. The zero-order valence-electron chi connectivity index (χ0n) is 8.83. The van der Waals surface area contributed by atoms with Crippen LogP contribution in [0.5, 0.6) is 5.75 Å². The Hall–Kier alpha value is -1.65. The van der Waals surface area contributed by atoms with Gasteiger partial charge in [-0.2, -0.15) is 0 Å². The Morgan fingerprint density at radius 3 is 2.33 bits per heavy atom. The highest BCUT2D eigenvalue weighted by atomic mass is 16.5. The van der Waals surface area contributed by atoms with Gasteiger partial charge in [0.25, 0.3) is 5.43 Å². The second-order valence-corrected chi connectivity index (χ2v) is 3.39. The third-order valence-electron chi connectivity index (χ3n) is 1.86. The van der Waals surface area contributed by atoms with Crippen LogP contribution in [-0.4, -0.2) is 19.2 Å². The lowest BCUT2D eigenvalue weighted by Gasteiger charge is -2.14. The van der Waals surface area contributed by atoms with Crippen LogP contribution in [-0.2, 0) is 16.0 Å². The van der Waals surface area contributed by atoms with Gasteiger partial charge < -0.3 is 9.47 Å². The predicted molar refractivity (Wildman–Crippen MR) is 52.8 cm³/mol. The van der Waals surface area contributed by atoms with E-state index >= 15 is 0 Å². The SMILES string of the molecule is COC(=O)Cc1c(OC(C)C)c(=O)c1=O. The highest BCUT2D eigenvalue weighted by molar-refractivity contribution is 5.74. The normalized spacial score (nSPS) is 10.7. The van der Waals surface area contributed by atoms with Crippen molar-refractivity contribution >= 4 is 5.97 Å². The van der Waals surface area contributed by atoms with Crippen LogP contribution in [0, 0.1) is 0 Å². The minimum atomic E-state index is -0.664. The van der Waals surface area contributed by atoms with E-state index in [0.717, 1.165) is 0 Å². The first-order valence-corrected chi connectivity index (χ1v) is 4.53. The zero-order chi connectivity index (χ0) is 11.6. The molecule has 0 aliphatic heterocycles. The first kappa shape index (κ1) is 11.4. The Morgan fingerprint density at radius 1 is 1.27 bits per heavy atom. The molecule has 15 heavy (non-hydrogen) atoms. The molecule has 0 unspecified atom stereocenters. The molecule has 1 aromatic rings. The summed E-state index contributed by atoms with van der Waals surface area (Å²) in [6.45, 7) is 3.47. The largest absolute Gasteiger partial charge is 0.486 e. The number of esters is 1. The van der Waals surface area contributed by atoms with E-state index < -0.39 is 16.8 Å². The van der Waals surface area contributed by atoms with Crippen molar-refractivity contribution in [3.8, 4) is 5.75 Å². The van der Waals surface area contributed by atoms with Crippen LogP contribution in [0.3, 0.4) is 0 Å². The van der Waals surface area contributed by atoms with Crippen molar-refractivity contribution in [2.45, 2.75) is 26.4 Å². The van der Waals surface area contributed by atoms with Crippen LogP contribution in [0.1, 0.15) is 19.4 Å². The predicted octanol–water partition coefficient (Wildman–Crippen LogP) is -0.215. The molecule has 0 aliphatic rings. The molecule has 1 rings (SSSR count). The van der Waals surface area contributed by atoms with Gasteiger partial charge in [-0.1, -0.05) is 0 Å². The van der Waals surface area contributed by atoms with Gasteiger partial charge >= 0.3 is 5.97 Å². The van der Waals surface area contributed by atoms with E-state index in [-0.39, 0.29) is 23.8 Å². The fourth-order valence-electron chi connectivity index (χ4n) is 1.16. The maximum Gasteiger partial charge on any atom is 0.310 e. The van der Waals surface area contributed by atoms with Crippen molar-refractivity contribution in [2.24, 2.45) is 0 Å². The second kappa shape index (κ2) is 4.25. The third-order valence-corrected chi connectivity index (χ3v) is 1.86. The highest BCUT2D eigenvalue weighted by Crippen LogP contribution is 2.13. The molecule has 0 bridgehead atoms. The molecule has 5 nitrogen and oxygen atoms in total. The summed E-state index contributed by atoms with van der Waals surface area (Å²) in [5.41, 5.74) is -1.21. The number of hydrogen-bond donors (Lipinski definition) is 0. The van der Waals surface area contributed by atoms with Gasteiger partial charge in [0.2, 0.25) is 5.43 Å². The van der Waals surface area contributed by atoms with Crippen molar-refractivity contribution in [3.05, 3.63) is 26.0 Å². The molecule has 5 heteroatoms. The van der Waals surface area contributed by atoms with E-state index in [2.05, 4.69) is 4.74 Å². The lowest BCUT2D eigenvalue weighted by atomic mass is 10.1. The number of carbonyl (C=O) groups is 1. The molecule has 0 N–H and O–H groups in total. The number of hydrogen-bond acceptors (Lipinski definition) is 5. The van der Waals surface area contributed by atoms with Crippen molar-refractivity contribution in [1.29, 1.82) is 0 Å². The van der Waals surface area contributed by atoms with Gasteiger partial charge in [-0.3, -0.25) is 14.4 Å². The van der Waals surface area contributed by atoms with Gasteiger partial charge in [0.05, 0.1) is 25.2 Å². The fourth-order valence-corrected chi connectivity index (χ4v) is 1.16. The third kappa shape index (κ3) is 2.23. The number of ether oxygens (including phenoxy) is 2. The number of methoxy groups -OCH3 is 1. The summed E-state index contributed by atoms with van der Waals surface area (Å²) in [7, 11) is 1.22. The molecular weight excluding hydrogens is 200 g/mol. The minimum absolute atomic E-state index is 0.000370. The van der Waals surface area contributed by atoms with Crippen LogP contribution in [0.15, 0.2) is 9.59 Å². The summed E-state index contributed by atoms with van der Waals surface area (Å²) < 4.78 is 9.53. The van der Waals surface area contributed by atoms with Crippen molar-refractivity contribution in [2.75, 3.05) is 7.11 Å². The molecule has 0 radical (unpaired) electrons. The van der Waals surface area contributed by atoms with Crippen molar-refractivity contribution in [3.63, 3.8) is 0 Å². The second-order valence-electron chi connectivity index (χ2n) is 3.39. The summed E-state index contributed by atoms with van der Waals surface area (Å²) in [6.07, 6.45) is -0.409. The Kier molecular flexibility index (Phi) is 3.24. The Balaban J connectivity index is 2.89. The number of carbonyl (C=O) groups excluding carboxylic acids is 1. The average molecular weight is 212 g/mol. The highest BCUT2D eigenvalue weighted by Gasteiger charge is 2.25. The minimum Gasteiger partial charge on any atom is -0.486 e. The standard InChI is InChI=1S/C10H12O5/c1-5(2)15-10-6(4-7(11)14-3)8(12)9(10)13/h5H,4H2,1-3H3. The van der Waals surface area contributed by atoms with Gasteiger partial charge in [-0.05, 0) is 13.8 Å². The van der Waals surface area contributed by atoms with Gasteiger partial charge in [-0.25, -0.2) is 0 Å². The molecule has 0 spiro atoms. The molecule has 0 heterocycles. The molecule has 0 fully saturated rings. The van der Waals surface area contributed by atoms with Gasteiger partial charge in [-0.15, -0.1) is 0 Å². The Labute approximate surface area is 86.3 Å². The summed E-state index contributed by atoms with van der Waals surface area (Å²) in [6, 6.07) is 0. The summed E-state index contributed by atoms with van der Waals surface area (Å²) in [4.78, 5) is 33.1. The van der Waals surface area contributed by atoms with E-state index in [4.69, 9.17) is 4.74 Å². The molecule has 82 valence electrons.